The van der Waals surface area contributed by atoms with Crippen molar-refractivity contribution >= 4 is 21.8 Å². The van der Waals surface area contributed by atoms with Gasteiger partial charge >= 0.3 is 0 Å². The molecule has 1 saturated carbocycles. The van der Waals surface area contributed by atoms with Crippen molar-refractivity contribution in [2.75, 3.05) is 19.6 Å². The van der Waals surface area contributed by atoms with E-state index in [2.05, 4.69) is 51.3 Å². The van der Waals surface area contributed by atoms with Gasteiger partial charge in [0.05, 0.1) is 22.9 Å². The van der Waals surface area contributed by atoms with Crippen LogP contribution >= 0.6 is 15.9 Å². The predicted molar refractivity (Wildman–Crippen MR) is 162 cm³/mol. The van der Waals surface area contributed by atoms with E-state index in [4.69, 9.17) is 10.2 Å². The Morgan fingerprint density at radius 3 is 2.54 bits per heavy atom. The first kappa shape index (κ1) is 31.6. The average Bonchev–Trinajstić information content (AvgIpc) is 2.99. The van der Waals surface area contributed by atoms with Crippen LogP contribution in [0, 0.1) is 17.2 Å². The van der Waals surface area contributed by atoms with Gasteiger partial charge in [-0.25, -0.2) is 8.78 Å². The number of likely N-dealkylation sites (tertiary alicyclic amines) is 1. The van der Waals surface area contributed by atoms with Gasteiger partial charge in [-0.15, -0.1) is 0 Å². The van der Waals surface area contributed by atoms with Gasteiger partial charge in [-0.3, -0.25) is 9.78 Å². The molecule has 0 bridgehead atoms. The maximum absolute atomic E-state index is 13.7. The summed E-state index contributed by atoms with van der Waals surface area (Å²) in [6.45, 7) is 4.73. The van der Waals surface area contributed by atoms with Gasteiger partial charge in [0.2, 0.25) is 0 Å². The quantitative estimate of drug-likeness (QED) is 0.245. The number of piperidine rings is 1. The summed E-state index contributed by atoms with van der Waals surface area (Å²) in [6, 6.07) is 12.6. The molecule has 3 unspecified atom stereocenters. The van der Waals surface area contributed by atoms with E-state index in [1.807, 2.05) is 18.2 Å². The number of benzene rings is 1. The van der Waals surface area contributed by atoms with Crippen LogP contribution in [-0.2, 0) is 6.42 Å². The molecule has 0 radical (unpaired) electrons. The number of carbonyl (C=O) groups excluding carboxylic acids is 1. The van der Waals surface area contributed by atoms with Crippen LogP contribution in [0.3, 0.4) is 0 Å². The zero-order valence-corrected chi connectivity index (χ0v) is 25.7. The molecule has 222 valence electrons. The molecule has 4 atom stereocenters. The van der Waals surface area contributed by atoms with Crippen LogP contribution < -0.4 is 5.32 Å². The van der Waals surface area contributed by atoms with Crippen LogP contribution in [-0.4, -0.2) is 53.8 Å². The van der Waals surface area contributed by atoms with E-state index >= 15 is 0 Å². The van der Waals surface area contributed by atoms with Gasteiger partial charge in [0.15, 0.2) is 0 Å². The van der Waals surface area contributed by atoms with E-state index in [1.165, 1.54) is 31.2 Å². The summed E-state index contributed by atoms with van der Waals surface area (Å²) in [5, 5.41) is 11.9. The molecule has 1 aliphatic heterocycles. The van der Waals surface area contributed by atoms with Crippen molar-refractivity contribution in [2.24, 2.45) is 5.92 Å². The molecule has 4 rings (SSSR count). The second-order valence-corrected chi connectivity index (χ2v) is 12.7. The Hall–Kier alpha value is -2.37. The Balaban J connectivity index is 1.22. The number of hydrogen-bond donors (Lipinski definition) is 1. The number of carbonyl (C=O) groups is 1. The third kappa shape index (κ3) is 9.06. The summed E-state index contributed by atoms with van der Waals surface area (Å²) in [4.78, 5) is 20.1. The van der Waals surface area contributed by atoms with Gasteiger partial charge in [-0.05, 0) is 116 Å². The molecule has 1 amide bonds. The Labute approximate surface area is 252 Å². The number of hydrogen-bond acceptors (Lipinski definition) is 4. The molecule has 2 heterocycles. The number of nitriles is 1. The molecule has 2 fully saturated rings. The fourth-order valence-corrected chi connectivity index (χ4v) is 7.07. The van der Waals surface area contributed by atoms with Crippen molar-refractivity contribution < 1.29 is 13.6 Å². The minimum Gasteiger partial charge on any atom is -0.352 e. The van der Waals surface area contributed by atoms with Crippen molar-refractivity contribution in [3.63, 3.8) is 0 Å². The molecule has 41 heavy (non-hydrogen) atoms. The highest BCUT2D eigenvalue weighted by molar-refractivity contribution is 9.10. The second kappa shape index (κ2) is 15.7. The standard InChI is InChI=1S/C33H43BrF2N4O/c1-2-5-28(7-4-3-6-23-8-10-24(20-37)11-9-23)40-16-14-26(15-17-40)32-29(34)19-27(22-38-32)33(41)39-21-25-12-13-30(35)31(36)18-25/h8-11,19,22,25-26,28,30-31H,2-7,12-18,21H2,1H3,(H,39,41)/t25?,28?,30?,31-/m1/s1. The van der Waals surface area contributed by atoms with Crippen LogP contribution in [0.1, 0.15) is 104 Å². The number of amides is 1. The topological polar surface area (TPSA) is 69.0 Å². The Morgan fingerprint density at radius 2 is 1.88 bits per heavy atom. The highest BCUT2D eigenvalue weighted by Gasteiger charge is 2.31. The molecular formula is C33H43BrF2N4O. The molecular weight excluding hydrogens is 586 g/mol. The van der Waals surface area contributed by atoms with E-state index in [1.54, 1.807) is 6.20 Å². The number of alkyl halides is 2. The average molecular weight is 630 g/mol. The number of halogens is 3. The summed E-state index contributed by atoms with van der Waals surface area (Å²) in [5.41, 5.74) is 3.51. The van der Waals surface area contributed by atoms with E-state index < -0.39 is 12.3 Å². The number of nitrogens with one attached hydrogen (secondary N) is 1. The summed E-state index contributed by atoms with van der Waals surface area (Å²) in [6.07, 6.45) is 8.95. The van der Waals surface area contributed by atoms with Crippen LogP contribution in [0.5, 0.6) is 0 Å². The van der Waals surface area contributed by atoms with Crippen LogP contribution in [0.2, 0.25) is 0 Å². The SMILES string of the molecule is CCCC(CCCCc1ccc(C#N)cc1)N1CCC(c2ncc(C(=O)NCC3CCC(F)[C@H](F)C3)cc2Br)CC1. The minimum absolute atomic E-state index is 0.0270. The van der Waals surface area contributed by atoms with Crippen molar-refractivity contribution in [3.8, 4) is 6.07 Å². The molecule has 1 aliphatic carbocycles. The first-order valence-electron chi connectivity index (χ1n) is 15.3. The number of unbranched alkanes of at least 4 members (excludes halogenated alkanes) is 1. The van der Waals surface area contributed by atoms with Gasteiger partial charge in [0, 0.05) is 29.2 Å². The lowest BCUT2D eigenvalue weighted by Crippen LogP contribution is -2.41. The van der Waals surface area contributed by atoms with E-state index in [9.17, 15) is 13.6 Å². The molecule has 2 aromatic rings. The van der Waals surface area contributed by atoms with Crippen molar-refractivity contribution in [1.82, 2.24) is 15.2 Å². The first-order valence-corrected chi connectivity index (χ1v) is 16.1. The van der Waals surface area contributed by atoms with Gasteiger partial charge in [0.25, 0.3) is 5.91 Å². The summed E-state index contributed by atoms with van der Waals surface area (Å²) < 4.78 is 27.9. The number of aryl methyl sites for hydroxylation is 1. The maximum atomic E-state index is 13.7. The van der Waals surface area contributed by atoms with E-state index in [-0.39, 0.29) is 24.7 Å². The van der Waals surface area contributed by atoms with Crippen molar-refractivity contribution in [3.05, 3.63) is 63.4 Å². The largest absolute Gasteiger partial charge is 0.352 e. The summed E-state index contributed by atoms with van der Waals surface area (Å²) >= 11 is 3.67. The lowest BCUT2D eigenvalue weighted by Gasteiger charge is -2.38. The molecule has 5 nitrogen and oxygen atoms in total. The molecule has 1 saturated heterocycles. The Bertz CT molecular complexity index is 1160. The number of nitrogens with zero attached hydrogens (tertiary/aromatic N) is 3. The maximum Gasteiger partial charge on any atom is 0.252 e. The Kier molecular flexibility index (Phi) is 12.1. The van der Waals surface area contributed by atoms with E-state index in [0.29, 0.717) is 36.1 Å². The van der Waals surface area contributed by atoms with Crippen molar-refractivity contribution in [1.29, 1.82) is 5.26 Å². The van der Waals surface area contributed by atoms with Crippen LogP contribution in [0.15, 0.2) is 41.0 Å². The highest BCUT2D eigenvalue weighted by Crippen LogP contribution is 2.34. The van der Waals surface area contributed by atoms with Crippen LogP contribution in [0.4, 0.5) is 8.78 Å². The number of aromatic nitrogens is 1. The minimum atomic E-state index is -1.43. The third-order valence-electron chi connectivity index (χ3n) is 8.88. The molecule has 1 N–H and O–H groups in total. The predicted octanol–water partition coefficient (Wildman–Crippen LogP) is 7.68. The fraction of sp³-hybridized carbons (Fsp3) is 0.606. The van der Waals surface area contributed by atoms with Gasteiger partial charge in [-0.1, -0.05) is 31.9 Å². The molecule has 1 aromatic carbocycles. The zero-order chi connectivity index (χ0) is 29.2. The number of pyridine rings is 1. The highest BCUT2D eigenvalue weighted by atomic mass is 79.9. The second-order valence-electron chi connectivity index (χ2n) is 11.8. The smallest absolute Gasteiger partial charge is 0.252 e. The van der Waals surface area contributed by atoms with Crippen molar-refractivity contribution in [2.45, 2.75) is 102 Å². The lowest BCUT2D eigenvalue weighted by molar-refractivity contribution is 0.0824. The molecule has 1 aromatic heterocycles. The normalized spacial score (nSPS) is 22.7. The first-order chi connectivity index (χ1) is 19.9. The zero-order valence-electron chi connectivity index (χ0n) is 24.1. The molecule has 8 heteroatoms. The molecule has 0 spiro atoms. The summed E-state index contributed by atoms with van der Waals surface area (Å²) in [5.74, 6) is 0.105. The fourth-order valence-electron chi connectivity index (χ4n) is 6.39. The number of rotatable bonds is 12. The van der Waals surface area contributed by atoms with Crippen LogP contribution in [0.25, 0.3) is 0 Å². The van der Waals surface area contributed by atoms with E-state index in [0.717, 1.165) is 48.9 Å². The van der Waals surface area contributed by atoms with Gasteiger partial charge < -0.3 is 10.2 Å². The van der Waals surface area contributed by atoms with Gasteiger partial charge in [-0.2, -0.15) is 5.26 Å². The summed E-state index contributed by atoms with van der Waals surface area (Å²) in [7, 11) is 0. The van der Waals surface area contributed by atoms with Gasteiger partial charge in [0.1, 0.15) is 12.3 Å². The third-order valence-corrected chi connectivity index (χ3v) is 9.51. The lowest BCUT2D eigenvalue weighted by atomic mass is 9.87. The Morgan fingerprint density at radius 1 is 1.12 bits per heavy atom. The monoisotopic (exact) mass is 628 g/mol. The molecule has 2 aliphatic rings.